The SMILES string of the molecule is C[C@]12CCN(Cc3ccc(-c4c(O)[nH]c5ccc(C#N)cc45)nc3)[C@@]1(C)CNC2. The minimum Gasteiger partial charge on any atom is -0.494 e. The minimum absolute atomic E-state index is 0.0789. The summed E-state index contributed by atoms with van der Waals surface area (Å²) in [5, 5.41) is 24.0. The molecule has 2 aromatic heterocycles. The highest BCUT2D eigenvalue weighted by Crippen LogP contribution is 2.48. The lowest BCUT2D eigenvalue weighted by Crippen LogP contribution is -2.49. The number of rotatable bonds is 3. The van der Waals surface area contributed by atoms with E-state index in [1.54, 1.807) is 12.1 Å². The summed E-state index contributed by atoms with van der Waals surface area (Å²) < 4.78 is 0. The Bertz CT molecular complexity index is 1130. The molecule has 0 amide bonds. The Hall–Kier alpha value is -2.88. The summed E-state index contributed by atoms with van der Waals surface area (Å²) in [5.74, 6) is 0.0789. The van der Waals surface area contributed by atoms with Crippen LogP contribution >= 0.6 is 0 Å². The summed E-state index contributed by atoms with van der Waals surface area (Å²) in [6.07, 6.45) is 3.12. The molecule has 0 spiro atoms. The van der Waals surface area contributed by atoms with Crippen LogP contribution in [-0.2, 0) is 6.54 Å². The van der Waals surface area contributed by atoms with Gasteiger partial charge >= 0.3 is 0 Å². The fourth-order valence-corrected chi connectivity index (χ4v) is 5.11. The van der Waals surface area contributed by atoms with Crippen molar-refractivity contribution < 1.29 is 5.11 Å². The molecule has 2 aliphatic heterocycles. The molecule has 0 aliphatic carbocycles. The molecule has 0 saturated carbocycles. The molecule has 148 valence electrons. The van der Waals surface area contributed by atoms with E-state index in [-0.39, 0.29) is 11.4 Å². The first-order valence-electron chi connectivity index (χ1n) is 10.1. The second kappa shape index (κ2) is 6.31. The number of aromatic nitrogens is 2. The van der Waals surface area contributed by atoms with E-state index in [1.165, 1.54) is 12.0 Å². The number of nitrogens with one attached hydrogen (secondary N) is 2. The highest BCUT2D eigenvalue weighted by atomic mass is 16.3. The van der Waals surface area contributed by atoms with Gasteiger partial charge in [-0.3, -0.25) is 9.88 Å². The van der Waals surface area contributed by atoms with Crippen molar-refractivity contribution in [1.29, 1.82) is 5.26 Å². The summed E-state index contributed by atoms with van der Waals surface area (Å²) in [6.45, 7) is 8.86. The molecule has 0 radical (unpaired) electrons. The molecule has 29 heavy (non-hydrogen) atoms. The van der Waals surface area contributed by atoms with Gasteiger partial charge in [-0.05, 0) is 49.7 Å². The number of benzene rings is 1. The summed E-state index contributed by atoms with van der Waals surface area (Å²) in [6, 6.07) is 11.5. The van der Waals surface area contributed by atoms with E-state index < -0.39 is 0 Å². The Morgan fingerprint density at radius 1 is 1.24 bits per heavy atom. The highest BCUT2D eigenvalue weighted by Gasteiger charge is 2.55. The molecule has 0 unspecified atom stereocenters. The van der Waals surface area contributed by atoms with Crippen molar-refractivity contribution >= 4 is 10.9 Å². The first-order chi connectivity index (χ1) is 13.9. The number of hydrogen-bond acceptors (Lipinski definition) is 5. The van der Waals surface area contributed by atoms with E-state index in [2.05, 4.69) is 46.2 Å². The van der Waals surface area contributed by atoms with Crippen LogP contribution in [0.5, 0.6) is 5.88 Å². The number of pyridine rings is 1. The molecule has 2 aliphatic rings. The largest absolute Gasteiger partial charge is 0.494 e. The number of aromatic amines is 1. The molecule has 2 fully saturated rings. The third-order valence-corrected chi connectivity index (χ3v) is 7.28. The van der Waals surface area contributed by atoms with E-state index in [9.17, 15) is 10.4 Å². The van der Waals surface area contributed by atoms with Crippen LogP contribution in [0.15, 0.2) is 36.5 Å². The first-order valence-corrected chi connectivity index (χ1v) is 10.1. The molecule has 0 bridgehead atoms. The second-order valence-corrected chi connectivity index (χ2v) is 8.88. The molecule has 2 atom stereocenters. The average Bonchev–Trinajstić information content (AvgIpc) is 3.28. The summed E-state index contributed by atoms with van der Waals surface area (Å²) in [4.78, 5) is 10.2. The predicted molar refractivity (Wildman–Crippen MR) is 112 cm³/mol. The van der Waals surface area contributed by atoms with Crippen molar-refractivity contribution in [3.63, 3.8) is 0 Å². The zero-order valence-corrected chi connectivity index (χ0v) is 16.8. The maximum atomic E-state index is 10.4. The van der Waals surface area contributed by atoms with Crippen molar-refractivity contribution in [3.05, 3.63) is 47.7 Å². The monoisotopic (exact) mass is 387 g/mol. The molecule has 2 saturated heterocycles. The van der Waals surface area contributed by atoms with Gasteiger partial charge < -0.3 is 15.4 Å². The van der Waals surface area contributed by atoms with Crippen LogP contribution in [0.3, 0.4) is 0 Å². The quantitative estimate of drug-likeness (QED) is 0.641. The maximum Gasteiger partial charge on any atom is 0.199 e. The standard InChI is InChI=1S/C23H25N5O/c1-22-7-8-28(23(22,2)14-25-13-22)12-16-4-6-19(26-11-16)20-17-9-15(10-24)3-5-18(17)27-21(20)29/h3-6,9,11,25,27,29H,7-8,12-14H2,1-2H3/t22-,23+/m1/s1. The fourth-order valence-electron chi connectivity index (χ4n) is 5.11. The summed E-state index contributed by atoms with van der Waals surface area (Å²) >= 11 is 0. The van der Waals surface area contributed by atoms with Crippen molar-refractivity contribution in [2.45, 2.75) is 32.4 Å². The van der Waals surface area contributed by atoms with E-state index in [0.29, 0.717) is 22.2 Å². The molecule has 1 aromatic carbocycles. The van der Waals surface area contributed by atoms with Gasteiger partial charge in [0.05, 0.1) is 22.9 Å². The summed E-state index contributed by atoms with van der Waals surface area (Å²) in [5.41, 5.74) is 4.37. The predicted octanol–water partition coefficient (Wildman–Crippen LogP) is 3.38. The third-order valence-electron chi connectivity index (χ3n) is 7.28. The van der Waals surface area contributed by atoms with Crippen LogP contribution in [0.1, 0.15) is 31.4 Å². The fraction of sp³-hybridized carbons (Fsp3) is 0.391. The third kappa shape index (κ3) is 2.65. The lowest BCUT2D eigenvalue weighted by molar-refractivity contribution is 0.101. The molecule has 3 N–H and O–H groups in total. The van der Waals surface area contributed by atoms with Gasteiger partial charge in [0.15, 0.2) is 5.88 Å². The Labute approximate surface area is 170 Å². The summed E-state index contributed by atoms with van der Waals surface area (Å²) in [7, 11) is 0. The van der Waals surface area contributed by atoms with Crippen LogP contribution in [0.25, 0.3) is 22.2 Å². The van der Waals surface area contributed by atoms with Crippen LogP contribution in [-0.4, -0.2) is 45.1 Å². The van der Waals surface area contributed by atoms with Crippen molar-refractivity contribution in [2.75, 3.05) is 19.6 Å². The molecule has 6 heteroatoms. The lowest BCUT2D eigenvalue weighted by Gasteiger charge is -2.39. The van der Waals surface area contributed by atoms with Crippen LogP contribution in [0.4, 0.5) is 0 Å². The molecule has 4 heterocycles. The number of nitriles is 1. The van der Waals surface area contributed by atoms with Crippen molar-refractivity contribution in [2.24, 2.45) is 5.41 Å². The molecular formula is C23H25N5O. The smallest absolute Gasteiger partial charge is 0.199 e. The lowest BCUT2D eigenvalue weighted by atomic mass is 9.75. The number of nitrogens with zero attached hydrogens (tertiary/aromatic N) is 3. The Balaban J connectivity index is 1.44. The number of fused-ring (bicyclic) bond motifs is 2. The van der Waals surface area contributed by atoms with Gasteiger partial charge in [-0.2, -0.15) is 5.26 Å². The highest BCUT2D eigenvalue weighted by molar-refractivity contribution is 5.98. The minimum atomic E-state index is 0.0789. The zero-order chi connectivity index (χ0) is 20.2. The van der Waals surface area contributed by atoms with Gasteiger partial charge in [0.25, 0.3) is 0 Å². The first kappa shape index (κ1) is 18.2. The molecule has 6 nitrogen and oxygen atoms in total. The van der Waals surface area contributed by atoms with Gasteiger partial charge in [-0.15, -0.1) is 0 Å². The van der Waals surface area contributed by atoms with Gasteiger partial charge in [-0.1, -0.05) is 13.0 Å². The van der Waals surface area contributed by atoms with E-state index in [4.69, 9.17) is 0 Å². The van der Waals surface area contributed by atoms with E-state index >= 15 is 0 Å². The number of likely N-dealkylation sites (tertiary alicyclic amines) is 1. The van der Waals surface area contributed by atoms with E-state index in [0.717, 1.165) is 37.1 Å². The van der Waals surface area contributed by atoms with Gasteiger partial charge in [0.2, 0.25) is 0 Å². The second-order valence-electron chi connectivity index (χ2n) is 8.88. The van der Waals surface area contributed by atoms with Crippen LogP contribution < -0.4 is 5.32 Å². The molecule has 5 rings (SSSR count). The van der Waals surface area contributed by atoms with Crippen molar-refractivity contribution in [1.82, 2.24) is 20.2 Å². The normalized spacial score (nSPS) is 26.7. The Morgan fingerprint density at radius 3 is 2.86 bits per heavy atom. The van der Waals surface area contributed by atoms with Crippen LogP contribution in [0, 0.1) is 16.7 Å². The maximum absolute atomic E-state index is 10.4. The molecule has 3 aromatic rings. The van der Waals surface area contributed by atoms with Gasteiger partial charge in [-0.25, -0.2) is 0 Å². The Morgan fingerprint density at radius 2 is 2.10 bits per heavy atom. The zero-order valence-electron chi connectivity index (χ0n) is 16.8. The van der Waals surface area contributed by atoms with Crippen LogP contribution in [0.2, 0.25) is 0 Å². The topological polar surface area (TPSA) is 88.0 Å². The van der Waals surface area contributed by atoms with Gasteiger partial charge in [0, 0.05) is 47.7 Å². The van der Waals surface area contributed by atoms with Gasteiger partial charge in [0.1, 0.15) is 0 Å². The number of hydrogen-bond donors (Lipinski definition) is 3. The Kier molecular flexibility index (Phi) is 3.95. The number of aromatic hydroxyl groups is 1. The van der Waals surface area contributed by atoms with E-state index in [1.807, 2.05) is 18.3 Å². The average molecular weight is 387 g/mol. The van der Waals surface area contributed by atoms with Crippen molar-refractivity contribution in [3.8, 4) is 23.2 Å². The number of H-pyrrole nitrogens is 1. The molecular weight excluding hydrogens is 362 g/mol.